The molecule has 136 valence electrons. The molecule has 0 aliphatic carbocycles. The standard InChI is InChI=1S/C21H21N5O/c1-2-16-6-8-19(9-7-16)26-10-11-27-21(26)20-15-25(24-23-20)14-18-5-3-4-17(12-18)13-22/h3-9,12,15,21H,2,10-11,14H2,1H3/t21-/m0/s1. The van der Waals surface area contributed by atoms with Crippen molar-refractivity contribution < 1.29 is 4.74 Å². The van der Waals surface area contributed by atoms with Crippen LogP contribution in [0.2, 0.25) is 0 Å². The topological polar surface area (TPSA) is 67.0 Å². The van der Waals surface area contributed by atoms with Crippen LogP contribution in [0, 0.1) is 11.3 Å². The van der Waals surface area contributed by atoms with E-state index in [1.165, 1.54) is 5.56 Å². The molecular weight excluding hydrogens is 338 g/mol. The highest BCUT2D eigenvalue weighted by molar-refractivity contribution is 5.49. The van der Waals surface area contributed by atoms with Gasteiger partial charge in [-0.05, 0) is 41.8 Å². The second kappa shape index (κ2) is 7.60. The molecule has 1 aliphatic rings. The van der Waals surface area contributed by atoms with Crippen LogP contribution < -0.4 is 4.90 Å². The Balaban J connectivity index is 1.52. The molecule has 1 aromatic heterocycles. The number of hydrogen-bond donors (Lipinski definition) is 0. The van der Waals surface area contributed by atoms with Crippen molar-refractivity contribution in [3.05, 3.63) is 77.1 Å². The van der Waals surface area contributed by atoms with Crippen LogP contribution in [-0.2, 0) is 17.7 Å². The van der Waals surface area contributed by atoms with E-state index in [0.717, 1.165) is 29.9 Å². The van der Waals surface area contributed by atoms with Crippen LogP contribution in [0.5, 0.6) is 0 Å². The molecule has 1 saturated heterocycles. The molecule has 4 rings (SSSR count). The quantitative estimate of drug-likeness (QED) is 0.699. The second-order valence-corrected chi connectivity index (χ2v) is 6.59. The summed E-state index contributed by atoms with van der Waals surface area (Å²) in [6.45, 7) is 4.21. The van der Waals surface area contributed by atoms with E-state index in [1.807, 2.05) is 24.4 Å². The number of aromatic nitrogens is 3. The van der Waals surface area contributed by atoms with Crippen molar-refractivity contribution in [3.8, 4) is 6.07 Å². The SMILES string of the molecule is CCc1ccc(N2CCO[C@H]2c2cn(Cc3cccc(C#N)c3)nn2)cc1. The lowest BCUT2D eigenvalue weighted by Gasteiger charge is -2.23. The normalized spacial score (nSPS) is 16.4. The monoisotopic (exact) mass is 359 g/mol. The van der Waals surface area contributed by atoms with E-state index in [0.29, 0.717) is 18.7 Å². The Morgan fingerprint density at radius 2 is 2.04 bits per heavy atom. The minimum Gasteiger partial charge on any atom is -0.350 e. The van der Waals surface area contributed by atoms with Crippen molar-refractivity contribution in [2.24, 2.45) is 0 Å². The van der Waals surface area contributed by atoms with Gasteiger partial charge in [0, 0.05) is 12.2 Å². The minimum atomic E-state index is -0.225. The summed E-state index contributed by atoms with van der Waals surface area (Å²) in [7, 11) is 0. The minimum absolute atomic E-state index is 0.225. The summed E-state index contributed by atoms with van der Waals surface area (Å²) in [5, 5.41) is 17.6. The van der Waals surface area contributed by atoms with Crippen molar-refractivity contribution in [3.63, 3.8) is 0 Å². The third kappa shape index (κ3) is 3.69. The van der Waals surface area contributed by atoms with E-state index in [4.69, 9.17) is 10.00 Å². The van der Waals surface area contributed by atoms with E-state index < -0.39 is 0 Å². The summed E-state index contributed by atoms with van der Waals surface area (Å²) in [6, 6.07) is 18.3. The molecular formula is C21H21N5O. The highest BCUT2D eigenvalue weighted by atomic mass is 16.5. The highest BCUT2D eigenvalue weighted by Gasteiger charge is 2.29. The van der Waals surface area contributed by atoms with E-state index in [2.05, 4.69) is 52.5 Å². The summed E-state index contributed by atoms with van der Waals surface area (Å²) in [6.07, 6.45) is 2.72. The van der Waals surface area contributed by atoms with E-state index in [-0.39, 0.29) is 6.23 Å². The Morgan fingerprint density at radius 1 is 1.19 bits per heavy atom. The van der Waals surface area contributed by atoms with Gasteiger partial charge in [-0.25, -0.2) is 4.68 Å². The van der Waals surface area contributed by atoms with Gasteiger partial charge in [0.25, 0.3) is 0 Å². The Hall–Kier alpha value is -3.17. The number of ether oxygens (including phenoxy) is 1. The summed E-state index contributed by atoms with van der Waals surface area (Å²) >= 11 is 0. The first kappa shape index (κ1) is 17.3. The van der Waals surface area contributed by atoms with E-state index in [1.54, 1.807) is 10.7 Å². The van der Waals surface area contributed by atoms with Crippen LogP contribution in [0.4, 0.5) is 5.69 Å². The zero-order valence-electron chi connectivity index (χ0n) is 15.2. The van der Waals surface area contributed by atoms with Gasteiger partial charge in [-0.15, -0.1) is 5.10 Å². The number of nitrogens with zero attached hydrogens (tertiary/aromatic N) is 5. The molecule has 0 N–H and O–H groups in total. The first-order valence-corrected chi connectivity index (χ1v) is 9.13. The summed E-state index contributed by atoms with van der Waals surface area (Å²) in [5.74, 6) is 0. The Labute approximate surface area is 158 Å². The maximum absolute atomic E-state index is 9.04. The lowest BCUT2D eigenvalue weighted by molar-refractivity contribution is 0.110. The van der Waals surface area contributed by atoms with E-state index in [9.17, 15) is 0 Å². The zero-order valence-corrected chi connectivity index (χ0v) is 15.2. The smallest absolute Gasteiger partial charge is 0.177 e. The molecule has 6 heteroatoms. The Kier molecular flexibility index (Phi) is 4.86. The predicted molar refractivity (Wildman–Crippen MR) is 102 cm³/mol. The number of hydrogen-bond acceptors (Lipinski definition) is 5. The third-order valence-corrected chi connectivity index (χ3v) is 4.78. The first-order chi connectivity index (χ1) is 13.3. The molecule has 0 spiro atoms. The summed E-state index contributed by atoms with van der Waals surface area (Å²) in [4.78, 5) is 2.21. The highest BCUT2D eigenvalue weighted by Crippen LogP contribution is 2.31. The lowest BCUT2D eigenvalue weighted by Crippen LogP contribution is -2.23. The average molecular weight is 359 g/mol. The number of rotatable bonds is 5. The number of nitriles is 1. The maximum Gasteiger partial charge on any atom is 0.177 e. The molecule has 0 saturated carbocycles. The predicted octanol–water partition coefficient (Wildman–Crippen LogP) is 3.30. The van der Waals surface area contributed by atoms with Crippen molar-refractivity contribution in [2.75, 3.05) is 18.1 Å². The van der Waals surface area contributed by atoms with Gasteiger partial charge in [-0.3, -0.25) is 0 Å². The maximum atomic E-state index is 9.04. The van der Waals surface area contributed by atoms with Crippen LogP contribution in [0.15, 0.2) is 54.7 Å². The number of aryl methyl sites for hydroxylation is 1. The fourth-order valence-corrected chi connectivity index (χ4v) is 3.33. The van der Waals surface area contributed by atoms with Crippen LogP contribution in [0.3, 0.4) is 0 Å². The van der Waals surface area contributed by atoms with Gasteiger partial charge < -0.3 is 9.64 Å². The molecule has 0 bridgehead atoms. The van der Waals surface area contributed by atoms with Gasteiger partial charge >= 0.3 is 0 Å². The molecule has 27 heavy (non-hydrogen) atoms. The number of anilines is 1. The fraction of sp³-hybridized carbons (Fsp3) is 0.286. The van der Waals surface area contributed by atoms with Crippen LogP contribution in [-0.4, -0.2) is 28.1 Å². The third-order valence-electron chi connectivity index (χ3n) is 4.78. The lowest BCUT2D eigenvalue weighted by atomic mass is 10.1. The van der Waals surface area contributed by atoms with E-state index >= 15 is 0 Å². The second-order valence-electron chi connectivity index (χ2n) is 6.59. The van der Waals surface area contributed by atoms with Crippen LogP contribution in [0.1, 0.15) is 35.5 Å². The molecule has 0 amide bonds. The van der Waals surface area contributed by atoms with Gasteiger partial charge in [0.2, 0.25) is 0 Å². The van der Waals surface area contributed by atoms with Crippen LogP contribution in [0.25, 0.3) is 0 Å². The molecule has 1 atom stereocenters. The molecule has 2 aromatic carbocycles. The first-order valence-electron chi connectivity index (χ1n) is 9.13. The van der Waals surface area contributed by atoms with Crippen molar-refractivity contribution in [1.82, 2.24) is 15.0 Å². The molecule has 0 radical (unpaired) electrons. The largest absolute Gasteiger partial charge is 0.350 e. The van der Waals surface area contributed by atoms with Gasteiger partial charge in [-0.2, -0.15) is 5.26 Å². The molecule has 2 heterocycles. The van der Waals surface area contributed by atoms with Gasteiger partial charge in [-0.1, -0.05) is 36.4 Å². The molecule has 3 aromatic rings. The van der Waals surface area contributed by atoms with Crippen LogP contribution >= 0.6 is 0 Å². The van der Waals surface area contributed by atoms with Crippen molar-refractivity contribution >= 4 is 5.69 Å². The Bertz CT molecular complexity index is 957. The molecule has 1 aliphatic heterocycles. The zero-order chi connectivity index (χ0) is 18.6. The van der Waals surface area contributed by atoms with Crippen molar-refractivity contribution in [1.29, 1.82) is 5.26 Å². The Morgan fingerprint density at radius 3 is 2.81 bits per heavy atom. The average Bonchev–Trinajstić information content (AvgIpc) is 3.37. The van der Waals surface area contributed by atoms with Gasteiger partial charge in [0.1, 0.15) is 5.69 Å². The van der Waals surface area contributed by atoms with Gasteiger partial charge in [0.15, 0.2) is 6.23 Å². The molecule has 6 nitrogen and oxygen atoms in total. The van der Waals surface area contributed by atoms with Crippen molar-refractivity contribution in [2.45, 2.75) is 26.1 Å². The number of benzene rings is 2. The molecule has 1 fully saturated rings. The molecule has 0 unspecified atom stereocenters. The summed E-state index contributed by atoms with van der Waals surface area (Å²) in [5.41, 5.74) is 4.91. The fourth-order valence-electron chi connectivity index (χ4n) is 3.33. The van der Waals surface area contributed by atoms with Gasteiger partial charge in [0.05, 0.1) is 31.0 Å². The summed E-state index contributed by atoms with van der Waals surface area (Å²) < 4.78 is 7.71.